The lowest BCUT2D eigenvalue weighted by molar-refractivity contribution is -0.131. The average Bonchev–Trinajstić information content (AvgIpc) is 2.82. The molecular weight excluding hydrogens is 270 g/mol. The maximum Gasteiger partial charge on any atom is 0.328 e. The third kappa shape index (κ3) is 5.77. The monoisotopic (exact) mass is 283 g/mol. The Morgan fingerprint density at radius 2 is 2.16 bits per heavy atom. The van der Waals surface area contributed by atoms with Gasteiger partial charge in [0.15, 0.2) is 0 Å². The molecule has 0 bridgehead atoms. The van der Waals surface area contributed by atoms with E-state index in [2.05, 4.69) is 10.3 Å². The molecule has 102 valence electrons. The van der Waals surface area contributed by atoms with Crippen molar-refractivity contribution in [1.82, 2.24) is 15.6 Å². The Morgan fingerprint density at radius 1 is 1.42 bits per heavy atom. The molecule has 7 nitrogen and oxygen atoms in total. The normalized spacial score (nSPS) is 10.4. The van der Waals surface area contributed by atoms with E-state index in [-0.39, 0.29) is 6.54 Å². The molecule has 0 atom stereocenters. The van der Waals surface area contributed by atoms with Crippen molar-refractivity contribution >= 4 is 29.2 Å². The molecule has 0 aliphatic heterocycles. The van der Waals surface area contributed by atoms with Gasteiger partial charge in [-0.1, -0.05) is 6.92 Å². The largest absolute Gasteiger partial charge is 0.478 e. The minimum atomic E-state index is -1.26. The van der Waals surface area contributed by atoms with Crippen LogP contribution in [0.15, 0.2) is 18.3 Å². The van der Waals surface area contributed by atoms with Crippen LogP contribution < -0.4 is 10.6 Å². The van der Waals surface area contributed by atoms with Crippen LogP contribution in [-0.4, -0.2) is 28.0 Å². The van der Waals surface area contributed by atoms with Crippen molar-refractivity contribution in [2.75, 3.05) is 0 Å². The van der Waals surface area contributed by atoms with Gasteiger partial charge < -0.3 is 10.4 Å². The zero-order valence-electron chi connectivity index (χ0n) is 10.2. The lowest BCUT2D eigenvalue weighted by Gasteiger charge is -2.02. The maximum absolute atomic E-state index is 11.3. The number of carbonyl (C=O) groups is 3. The van der Waals surface area contributed by atoms with Gasteiger partial charge in [0.2, 0.25) is 0 Å². The van der Waals surface area contributed by atoms with Crippen molar-refractivity contribution < 1.29 is 19.5 Å². The number of hydrogen-bond acceptors (Lipinski definition) is 5. The molecule has 1 rings (SSSR count). The summed E-state index contributed by atoms with van der Waals surface area (Å²) in [6.45, 7) is 2.22. The average molecular weight is 283 g/mol. The first-order valence-corrected chi connectivity index (χ1v) is 6.26. The molecule has 8 heteroatoms. The molecule has 3 amide bonds. The lowest BCUT2D eigenvalue weighted by atomic mass is 10.4. The number of carboxylic acids is 1. The van der Waals surface area contributed by atoms with Crippen LogP contribution in [0.1, 0.15) is 16.8 Å². The Labute approximate surface area is 113 Å². The third-order valence-corrected chi connectivity index (χ3v) is 3.11. The Morgan fingerprint density at radius 3 is 2.74 bits per heavy atom. The van der Waals surface area contributed by atoms with Crippen LogP contribution >= 0.6 is 11.3 Å². The van der Waals surface area contributed by atoms with Gasteiger partial charge in [0.1, 0.15) is 5.01 Å². The van der Waals surface area contributed by atoms with E-state index in [1.807, 2.05) is 12.2 Å². The topological polar surface area (TPSA) is 108 Å². The van der Waals surface area contributed by atoms with Gasteiger partial charge in [0, 0.05) is 23.2 Å². The molecular formula is C11H13N3O4S. The molecule has 0 fully saturated rings. The van der Waals surface area contributed by atoms with E-state index in [9.17, 15) is 14.4 Å². The van der Waals surface area contributed by atoms with Crippen LogP contribution in [0, 0.1) is 0 Å². The number of aliphatic carboxylic acids is 1. The van der Waals surface area contributed by atoms with Crippen LogP contribution in [0.5, 0.6) is 0 Å². The molecule has 1 heterocycles. The highest BCUT2D eigenvalue weighted by atomic mass is 32.1. The highest BCUT2D eigenvalue weighted by Crippen LogP contribution is 2.12. The Bertz CT molecular complexity index is 510. The van der Waals surface area contributed by atoms with Crippen molar-refractivity contribution in [2.45, 2.75) is 19.9 Å². The molecule has 0 aliphatic rings. The Balaban J connectivity index is 2.35. The quantitative estimate of drug-likeness (QED) is 0.688. The van der Waals surface area contributed by atoms with E-state index in [0.29, 0.717) is 6.08 Å². The van der Waals surface area contributed by atoms with Crippen LogP contribution in [0.4, 0.5) is 4.79 Å². The summed E-state index contributed by atoms with van der Waals surface area (Å²) in [6.07, 6.45) is 4.03. The molecule has 0 saturated carbocycles. The van der Waals surface area contributed by atoms with Crippen LogP contribution in [0.3, 0.4) is 0 Å². The van der Waals surface area contributed by atoms with Crippen molar-refractivity contribution in [3.05, 3.63) is 28.2 Å². The fourth-order valence-electron chi connectivity index (χ4n) is 1.09. The number of carbonyl (C=O) groups excluding carboxylic acids is 2. The van der Waals surface area contributed by atoms with Gasteiger partial charge in [-0.05, 0) is 6.42 Å². The number of amides is 3. The first kappa shape index (κ1) is 14.8. The van der Waals surface area contributed by atoms with E-state index >= 15 is 0 Å². The number of imide groups is 1. The SMILES string of the molecule is CCc1cnc(CNC(=O)NC(=O)/C=C/C(=O)O)s1. The van der Waals surface area contributed by atoms with Crippen molar-refractivity contribution in [3.63, 3.8) is 0 Å². The fraction of sp³-hybridized carbons (Fsp3) is 0.273. The van der Waals surface area contributed by atoms with E-state index in [0.717, 1.165) is 22.4 Å². The maximum atomic E-state index is 11.3. The number of carboxylic acid groups (broad SMARTS) is 1. The molecule has 0 radical (unpaired) electrons. The number of aromatic nitrogens is 1. The van der Waals surface area contributed by atoms with E-state index in [4.69, 9.17) is 5.11 Å². The minimum absolute atomic E-state index is 0.215. The fourth-order valence-corrected chi connectivity index (χ4v) is 1.90. The summed E-state index contributed by atoms with van der Waals surface area (Å²) in [5, 5.41) is 13.5. The van der Waals surface area contributed by atoms with Crippen molar-refractivity contribution in [3.8, 4) is 0 Å². The van der Waals surface area contributed by atoms with Gasteiger partial charge in [-0.3, -0.25) is 10.1 Å². The van der Waals surface area contributed by atoms with Crippen LogP contribution in [-0.2, 0) is 22.6 Å². The Hall–Kier alpha value is -2.22. The number of nitrogens with zero attached hydrogens (tertiary/aromatic N) is 1. The number of nitrogens with one attached hydrogen (secondary N) is 2. The van der Waals surface area contributed by atoms with Crippen molar-refractivity contribution in [2.24, 2.45) is 0 Å². The standard InChI is InChI=1S/C11H13N3O4S/c1-2-7-5-12-9(19-7)6-13-11(18)14-8(15)3-4-10(16)17/h3-5H,2,6H2,1H3,(H,16,17)(H2,13,14,15,18)/b4-3+. The second-order valence-electron chi connectivity index (χ2n) is 3.42. The number of rotatable bonds is 5. The van der Waals surface area contributed by atoms with Gasteiger partial charge in [0.25, 0.3) is 5.91 Å². The predicted octanol–water partition coefficient (Wildman–Crippen LogP) is 0.672. The van der Waals surface area contributed by atoms with E-state index in [1.54, 1.807) is 6.20 Å². The minimum Gasteiger partial charge on any atom is -0.478 e. The molecule has 0 unspecified atom stereocenters. The first-order chi connectivity index (χ1) is 9.01. The molecule has 3 N–H and O–H groups in total. The molecule has 1 aromatic heterocycles. The molecule has 0 aromatic carbocycles. The summed E-state index contributed by atoms with van der Waals surface area (Å²) >= 11 is 1.48. The van der Waals surface area contributed by atoms with Gasteiger partial charge in [-0.2, -0.15) is 0 Å². The zero-order chi connectivity index (χ0) is 14.3. The Kier molecular flexibility index (Phi) is 5.68. The second kappa shape index (κ2) is 7.27. The summed E-state index contributed by atoms with van der Waals surface area (Å²) in [5.74, 6) is -2.06. The van der Waals surface area contributed by atoms with Gasteiger partial charge >= 0.3 is 12.0 Å². The van der Waals surface area contributed by atoms with Crippen LogP contribution in [0.25, 0.3) is 0 Å². The highest BCUT2D eigenvalue weighted by Gasteiger charge is 2.06. The number of thiazole rings is 1. The van der Waals surface area contributed by atoms with Gasteiger partial charge in [-0.15, -0.1) is 11.3 Å². The summed E-state index contributed by atoms with van der Waals surface area (Å²) in [5.41, 5.74) is 0. The van der Waals surface area contributed by atoms with Gasteiger partial charge in [-0.25, -0.2) is 14.6 Å². The highest BCUT2D eigenvalue weighted by molar-refractivity contribution is 7.11. The summed E-state index contributed by atoms with van der Waals surface area (Å²) in [7, 11) is 0. The summed E-state index contributed by atoms with van der Waals surface area (Å²) < 4.78 is 0. The molecule has 19 heavy (non-hydrogen) atoms. The number of hydrogen-bond donors (Lipinski definition) is 3. The molecule has 1 aromatic rings. The summed E-state index contributed by atoms with van der Waals surface area (Å²) in [4.78, 5) is 37.7. The second-order valence-corrected chi connectivity index (χ2v) is 4.62. The molecule has 0 saturated heterocycles. The third-order valence-electron chi connectivity index (χ3n) is 1.96. The molecule has 0 aliphatic carbocycles. The molecule has 0 spiro atoms. The number of urea groups is 1. The van der Waals surface area contributed by atoms with Crippen LogP contribution in [0.2, 0.25) is 0 Å². The summed E-state index contributed by atoms with van der Waals surface area (Å²) in [6, 6.07) is -0.701. The van der Waals surface area contributed by atoms with Gasteiger partial charge in [0.05, 0.1) is 6.54 Å². The van der Waals surface area contributed by atoms with Crippen molar-refractivity contribution in [1.29, 1.82) is 0 Å². The smallest absolute Gasteiger partial charge is 0.328 e. The van der Waals surface area contributed by atoms with E-state index < -0.39 is 17.9 Å². The first-order valence-electron chi connectivity index (χ1n) is 5.44. The van der Waals surface area contributed by atoms with E-state index in [1.165, 1.54) is 11.3 Å². The zero-order valence-corrected chi connectivity index (χ0v) is 11.0. The number of aryl methyl sites for hydroxylation is 1. The predicted molar refractivity (Wildman–Crippen MR) is 68.6 cm³/mol. The lowest BCUT2D eigenvalue weighted by Crippen LogP contribution is -2.38.